The van der Waals surface area contributed by atoms with Crippen molar-refractivity contribution in [2.75, 3.05) is 6.54 Å². The van der Waals surface area contributed by atoms with Crippen LogP contribution in [0.15, 0.2) is 51.8 Å². The molecule has 9 heteroatoms. The van der Waals surface area contributed by atoms with E-state index in [1.807, 2.05) is 0 Å². The maximum Gasteiger partial charge on any atom is 0.243 e. The summed E-state index contributed by atoms with van der Waals surface area (Å²) in [5, 5.41) is 2.65. The van der Waals surface area contributed by atoms with E-state index >= 15 is 0 Å². The van der Waals surface area contributed by atoms with Gasteiger partial charge in [-0.1, -0.05) is 22.0 Å². The van der Waals surface area contributed by atoms with Crippen LogP contribution in [0.1, 0.15) is 31.4 Å². The topological polar surface area (TPSA) is 66.5 Å². The van der Waals surface area contributed by atoms with Crippen LogP contribution in [-0.4, -0.2) is 31.2 Å². The van der Waals surface area contributed by atoms with Crippen molar-refractivity contribution in [2.24, 2.45) is 0 Å². The first-order valence-corrected chi connectivity index (χ1v) is 11.0. The number of hydrogen-bond donors (Lipinski definition) is 1. The lowest BCUT2D eigenvalue weighted by Gasteiger charge is -2.25. The summed E-state index contributed by atoms with van der Waals surface area (Å²) in [6.45, 7) is 1.80. The molecule has 1 amide bonds. The number of benzene rings is 2. The summed E-state index contributed by atoms with van der Waals surface area (Å²) in [5.41, 5.74) is 0.134. The minimum absolute atomic E-state index is 0.105. The average Bonchev–Trinajstić information content (AvgIpc) is 3.12. The number of amides is 1. The summed E-state index contributed by atoms with van der Waals surface area (Å²) >= 11 is 3.26. The zero-order chi connectivity index (χ0) is 20.5. The van der Waals surface area contributed by atoms with E-state index in [1.165, 1.54) is 22.5 Å². The summed E-state index contributed by atoms with van der Waals surface area (Å²) in [7, 11) is -3.84. The Morgan fingerprint density at radius 1 is 1.21 bits per heavy atom. The van der Waals surface area contributed by atoms with Gasteiger partial charge in [0.25, 0.3) is 0 Å². The van der Waals surface area contributed by atoms with Crippen LogP contribution < -0.4 is 5.32 Å². The predicted octanol–water partition coefficient (Wildman–Crippen LogP) is 3.76. The standard InChI is InChI=1S/C19H19BrF2N2O3S/c1-12(16-9-6-14(21)11-17(16)22)23-19(25)18-3-2-10-24(18)28(26,27)15-7-4-13(20)5-8-15/h4-9,11-12,18H,2-3,10H2,1H3,(H,23,25). The van der Waals surface area contributed by atoms with Gasteiger partial charge in [-0.3, -0.25) is 4.79 Å². The minimum atomic E-state index is -3.84. The quantitative estimate of drug-likeness (QED) is 0.720. The molecule has 0 aliphatic carbocycles. The Bertz CT molecular complexity index is 983. The molecule has 28 heavy (non-hydrogen) atoms. The van der Waals surface area contributed by atoms with Crippen molar-refractivity contribution in [3.63, 3.8) is 0 Å². The number of carbonyl (C=O) groups is 1. The first-order chi connectivity index (χ1) is 13.2. The van der Waals surface area contributed by atoms with Gasteiger partial charge in [0.2, 0.25) is 15.9 Å². The van der Waals surface area contributed by atoms with Crippen molar-refractivity contribution in [1.29, 1.82) is 0 Å². The van der Waals surface area contributed by atoms with Crippen LogP contribution in [0.2, 0.25) is 0 Å². The van der Waals surface area contributed by atoms with Crippen LogP contribution in [0, 0.1) is 11.6 Å². The van der Waals surface area contributed by atoms with Crippen molar-refractivity contribution in [2.45, 2.75) is 36.7 Å². The Morgan fingerprint density at radius 3 is 2.54 bits per heavy atom. The Labute approximate surface area is 170 Å². The van der Waals surface area contributed by atoms with Gasteiger partial charge in [0.15, 0.2) is 0 Å². The smallest absolute Gasteiger partial charge is 0.243 e. The molecule has 1 aliphatic rings. The van der Waals surface area contributed by atoms with Crippen molar-refractivity contribution in [1.82, 2.24) is 9.62 Å². The normalized spacial score (nSPS) is 18.8. The van der Waals surface area contributed by atoms with Gasteiger partial charge in [0.05, 0.1) is 10.9 Å². The molecule has 1 saturated heterocycles. The van der Waals surface area contributed by atoms with Crippen molar-refractivity contribution in [3.05, 3.63) is 64.1 Å². The van der Waals surface area contributed by atoms with Gasteiger partial charge in [0.1, 0.15) is 17.7 Å². The number of nitrogens with zero attached hydrogens (tertiary/aromatic N) is 1. The second-order valence-corrected chi connectivity index (χ2v) is 9.43. The van der Waals surface area contributed by atoms with E-state index in [0.29, 0.717) is 12.8 Å². The maximum absolute atomic E-state index is 13.9. The Kier molecular flexibility index (Phi) is 6.16. The van der Waals surface area contributed by atoms with Crippen molar-refractivity contribution in [3.8, 4) is 0 Å². The van der Waals surface area contributed by atoms with Crippen molar-refractivity contribution < 1.29 is 22.0 Å². The van der Waals surface area contributed by atoms with E-state index in [-0.39, 0.29) is 17.0 Å². The number of carbonyl (C=O) groups excluding carboxylic acids is 1. The molecule has 1 heterocycles. The zero-order valence-corrected chi connectivity index (χ0v) is 17.4. The predicted molar refractivity (Wildman–Crippen MR) is 104 cm³/mol. The molecule has 150 valence electrons. The molecule has 2 unspecified atom stereocenters. The Morgan fingerprint density at radius 2 is 1.89 bits per heavy atom. The summed E-state index contributed by atoms with van der Waals surface area (Å²) < 4.78 is 54.8. The highest BCUT2D eigenvalue weighted by molar-refractivity contribution is 9.10. The molecule has 0 aromatic heterocycles. The van der Waals surface area contributed by atoms with Crippen LogP contribution in [0.25, 0.3) is 0 Å². The number of halogens is 3. The molecule has 1 N–H and O–H groups in total. The third-order valence-electron chi connectivity index (χ3n) is 4.71. The SMILES string of the molecule is CC(NC(=O)C1CCCN1S(=O)(=O)c1ccc(Br)cc1)c1ccc(F)cc1F. The molecule has 1 fully saturated rings. The third kappa shape index (κ3) is 4.26. The lowest BCUT2D eigenvalue weighted by atomic mass is 10.1. The van der Waals surface area contributed by atoms with E-state index in [4.69, 9.17) is 0 Å². The molecule has 0 saturated carbocycles. The second-order valence-electron chi connectivity index (χ2n) is 6.62. The molecular weight excluding hydrogens is 454 g/mol. The number of rotatable bonds is 5. The maximum atomic E-state index is 13.9. The molecular formula is C19H19BrF2N2O3S. The number of nitrogens with one attached hydrogen (secondary N) is 1. The third-order valence-corrected chi connectivity index (χ3v) is 7.17. The van der Waals surface area contributed by atoms with Gasteiger partial charge in [-0.05, 0) is 50.1 Å². The highest BCUT2D eigenvalue weighted by Crippen LogP contribution is 2.28. The van der Waals surface area contributed by atoms with E-state index in [1.54, 1.807) is 19.1 Å². The summed E-state index contributed by atoms with van der Waals surface area (Å²) in [6.07, 6.45) is 0.924. The van der Waals surface area contributed by atoms with Crippen molar-refractivity contribution >= 4 is 31.9 Å². The van der Waals surface area contributed by atoms with Crippen LogP contribution >= 0.6 is 15.9 Å². The molecule has 0 bridgehead atoms. The van der Waals surface area contributed by atoms with Gasteiger partial charge in [-0.25, -0.2) is 17.2 Å². The van der Waals surface area contributed by atoms with Crippen LogP contribution in [0.3, 0.4) is 0 Å². The van der Waals surface area contributed by atoms with Gasteiger partial charge in [-0.2, -0.15) is 4.31 Å². The Balaban J connectivity index is 1.78. The molecule has 0 radical (unpaired) electrons. The lowest BCUT2D eigenvalue weighted by molar-refractivity contribution is -0.124. The van der Waals surface area contributed by atoms with E-state index in [2.05, 4.69) is 21.2 Å². The van der Waals surface area contributed by atoms with Gasteiger partial charge < -0.3 is 5.32 Å². The van der Waals surface area contributed by atoms with Gasteiger partial charge >= 0.3 is 0 Å². The molecule has 1 aliphatic heterocycles. The molecule has 2 atom stereocenters. The zero-order valence-electron chi connectivity index (χ0n) is 15.0. The minimum Gasteiger partial charge on any atom is -0.348 e. The van der Waals surface area contributed by atoms with Crippen LogP contribution in [0.5, 0.6) is 0 Å². The van der Waals surface area contributed by atoms with E-state index < -0.39 is 39.6 Å². The first kappa shape index (κ1) is 20.9. The van der Waals surface area contributed by atoms with E-state index in [9.17, 15) is 22.0 Å². The first-order valence-electron chi connectivity index (χ1n) is 8.73. The number of sulfonamides is 1. The molecule has 0 spiro atoms. The summed E-state index contributed by atoms with van der Waals surface area (Å²) in [4.78, 5) is 12.8. The van der Waals surface area contributed by atoms with Gasteiger partial charge in [-0.15, -0.1) is 0 Å². The molecule has 5 nitrogen and oxygen atoms in total. The van der Waals surface area contributed by atoms with Crippen LogP contribution in [-0.2, 0) is 14.8 Å². The van der Waals surface area contributed by atoms with E-state index in [0.717, 1.165) is 16.6 Å². The largest absolute Gasteiger partial charge is 0.348 e. The molecule has 2 aromatic rings. The highest BCUT2D eigenvalue weighted by atomic mass is 79.9. The molecule has 2 aromatic carbocycles. The second kappa shape index (κ2) is 8.26. The van der Waals surface area contributed by atoms with Crippen LogP contribution in [0.4, 0.5) is 8.78 Å². The fraction of sp³-hybridized carbons (Fsp3) is 0.316. The monoisotopic (exact) mass is 472 g/mol. The average molecular weight is 473 g/mol. The summed E-state index contributed by atoms with van der Waals surface area (Å²) in [6, 6.07) is 7.71. The Hall–Kier alpha value is -1.84. The number of hydrogen-bond acceptors (Lipinski definition) is 3. The fourth-order valence-corrected chi connectivity index (χ4v) is 5.19. The fourth-order valence-electron chi connectivity index (χ4n) is 3.27. The highest BCUT2D eigenvalue weighted by Gasteiger charge is 2.39. The molecule has 3 rings (SSSR count). The lowest BCUT2D eigenvalue weighted by Crippen LogP contribution is -2.46. The summed E-state index contributed by atoms with van der Waals surface area (Å²) in [5.74, 6) is -1.98. The van der Waals surface area contributed by atoms with Gasteiger partial charge in [0, 0.05) is 22.6 Å².